The molecule has 1 aromatic rings. The summed E-state index contributed by atoms with van der Waals surface area (Å²) >= 11 is 0. The molecule has 0 aliphatic heterocycles. The van der Waals surface area contributed by atoms with E-state index in [9.17, 15) is 4.79 Å². The van der Waals surface area contributed by atoms with E-state index in [2.05, 4.69) is 11.4 Å². The molecule has 1 aliphatic carbocycles. The monoisotopic (exact) mass is 277 g/mol. The van der Waals surface area contributed by atoms with Crippen LogP contribution in [0.2, 0.25) is 0 Å². The SMILES string of the molecule is CCOC1Cc2ccccc2C1NC(=O)OC(C)(C)C. The van der Waals surface area contributed by atoms with Gasteiger partial charge in [-0.2, -0.15) is 0 Å². The average Bonchev–Trinajstić information content (AvgIpc) is 2.66. The number of carbonyl (C=O) groups is 1. The Bertz CT molecular complexity index is 479. The van der Waals surface area contributed by atoms with Crippen LogP contribution in [0.15, 0.2) is 24.3 Å². The van der Waals surface area contributed by atoms with Gasteiger partial charge in [0.05, 0.1) is 12.1 Å². The van der Waals surface area contributed by atoms with Crippen LogP contribution in [0.5, 0.6) is 0 Å². The largest absolute Gasteiger partial charge is 0.444 e. The average molecular weight is 277 g/mol. The standard InChI is InChI=1S/C16H23NO3/c1-5-19-13-10-11-8-6-7-9-12(11)14(13)17-15(18)20-16(2,3)4/h6-9,13-14H,5,10H2,1-4H3,(H,17,18). The third-order valence-electron chi connectivity index (χ3n) is 3.24. The Morgan fingerprint density at radius 3 is 2.70 bits per heavy atom. The van der Waals surface area contributed by atoms with Gasteiger partial charge in [-0.25, -0.2) is 4.79 Å². The van der Waals surface area contributed by atoms with Gasteiger partial charge in [0, 0.05) is 13.0 Å². The number of ether oxygens (including phenoxy) is 2. The number of alkyl carbamates (subject to hydrolysis) is 1. The third-order valence-corrected chi connectivity index (χ3v) is 3.24. The van der Waals surface area contributed by atoms with Gasteiger partial charge in [-0.15, -0.1) is 0 Å². The lowest BCUT2D eigenvalue weighted by atomic mass is 10.1. The topological polar surface area (TPSA) is 47.6 Å². The maximum atomic E-state index is 12.0. The van der Waals surface area contributed by atoms with Crippen LogP contribution in [0.25, 0.3) is 0 Å². The molecule has 2 atom stereocenters. The fourth-order valence-corrected chi connectivity index (χ4v) is 2.53. The Morgan fingerprint density at radius 2 is 2.05 bits per heavy atom. The molecule has 1 aliphatic rings. The molecule has 1 amide bonds. The van der Waals surface area contributed by atoms with E-state index in [1.807, 2.05) is 45.9 Å². The minimum Gasteiger partial charge on any atom is -0.444 e. The summed E-state index contributed by atoms with van der Waals surface area (Å²) in [6.07, 6.45) is 0.402. The molecule has 2 rings (SSSR count). The molecule has 2 unspecified atom stereocenters. The Labute approximate surface area is 120 Å². The summed E-state index contributed by atoms with van der Waals surface area (Å²) in [7, 11) is 0. The second-order valence-corrected chi connectivity index (χ2v) is 6.02. The highest BCUT2D eigenvalue weighted by atomic mass is 16.6. The number of hydrogen-bond acceptors (Lipinski definition) is 3. The maximum Gasteiger partial charge on any atom is 0.408 e. The van der Waals surface area contributed by atoms with Gasteiger partial charge >= 0.3 is 6.09 Å². The van der Waals surface area contributed by atoms with Crippen molar-refractivity contribution in [1.82, 2.24) is 5.32 Å². The molecule has 1 aromatic carbocycles. The molecule has 0 aromatic heterocycles. The van der Waals surface area contributed by atoms with Crippen molar-refractivity contribution in [2.45, 2.75) is 51.9 Å². The third kappa shape index (κ3) is 3.51. The van der Waals surface area contributed by atoms with Gasteiger partial charge in [0.15, 0.2) is 0 Å². The lowest BCUT2D eigenvalue weighted by Crippen LogP contribution is -2.39. The molecule has 0 fully saturated rings. The predicted molar refractivity (Wildman–Crippen MR) is 77.7 cm³/mol. The first kappa shape index (κ1) is 14.9. The molecule has 4 heteroatoms. The number of benzene rings is 1. The van der Waals surface area contributed by atoms with Gasteiger partial charge in [-0.3, -0.25) is 0 Å². The van der Waals surface area contributed by atoms with Gasteiger partial charge in [-0.05, 0) is 38.8 Å². The highest BCUT2D eigenvalue weighted by molar-refractivity contribution is 5.69. The van der Waals surface area contributed by atoms with Gasteiger partial charge in [-0.1, -0.05) is 24.3 Å². The van der Waals surface area contributed by atoms with E-state index in [-0.39, 0.29) is 12.1 Å². The number of rotatable bonds is 3. The van der Waals surface area contributed by atoms with Crippen molar-refractivity contribution in [1.29, 1.82) is 0 Å². The molecule has 0 saturated carbocycles. The molecule has 0 heterocycles. The number of amides is 1. The van der Waals surface area contributed by atoms with E-state index in [4.69, 9.17) is 9.47 Å². The van der Waals surface area contributed by atoms with E-state index in [1.54, 1.807) is 0 Å². The summed E-state index contributed by atoms with van der Waals surface area (Å²) in [6, 6.07) is 7.98. The predicted octanol–water partition coefficient (Wildman–Crippen LogP) is 3.21. The molecule has 4 nitrogen and oxygen atoms in total. The van der Waals surface area contributed by atoms with Crippen molar-refractivity contribution in [2.24, 2.45) is 0 Å². The van der Waals surface area contributed by atoms with Crippen molar-refractivity contribution in [3.63, 3.8) is 0 Å². The number of fused-ring (bicyclic) bond motifs is 1. The second kappa shape index (κ2) is 5.83. The Balaban J connectivity index is 2.12. The van der Waals surface area contributed by atoms with Crippen molar-refractivity contribution in [2.75, 3.05) is 6.61 Å². The molecule has 0 radical (unpaired) electrons. The zero-order valence-corrected chi connectivity index (χ0v) is 12.6. The zero-order valence-electron chi connectivity index (χ0n) is 12.6. The van der Waals surface area contributed by atoms with Crippen molar-refractivity contribution >= 4 is 6.09 Å². The quantitative estimate of drug-likeness (QED) is 0.923. The minimum absolute atomic E-state index is 0.0232. The summed E-state index contributed by atoms with van der Waals surface area (Å²) in [5.74, 6) is 0. The summed E-state index contributed by atoms with van der Waals surface area (Å²) in [4.78, 5) is 12.0. The smallest absolute Gasteiger partial charge is 0.408 e. The normalized spacial score (nSPS) is 21.4. The van der Waals surface area contributed by atoms with E-state index in [1.165, 1.54) is 5.56 Å². The number of carbonyl (C=O) groups excluding carboxylic acids is 1. The Hall–Kier alpha value is -1.55. The lowest BCUT2D eigenvalue weighted by molar-refractivity contribution is 0.0245. The Morgan fingerprint density at radius 1 is 1.35 bits per heavy atom. The molecule has 0 saturated heterocycles. The molecular weight excluding hydrogens is 254 g/mol. The molecule has 110 valence electrons. The summed E-state index contributed by atoms with van der Waals surface area (Å²) in [6.45, 7) is 8.16. The van der Waals surface area contributed by atoms with Crippen LogP contribution in [0.1, 0.15) is 44.9 Å². The molecule has 0 spiro atoms. The molecule has 1 N–H and O–H groups in total. The highest BCUT2D eigenvalue weighted by Crippen LogP contribution is 2.33. The number of hydrogen-bond donors (Lipinski definition) is 1. The zero-order chi connectivity index (χ0) is 14.8. The summed E-state index contributed by atoms with van der Waals surface area (Å²) < 4.78 is 11.1. The fourth-order valence-electron chi connectivity index (χ4n) is 2.53. The second-order valence-electron chi connectivity index (χ2n) is 6.02. The lowest BCUT2D eigenvalue weighted by Gasteiger charge is -2.25. The minimum atomic E-state index is -0.497. The van der Waals surface area contributed by atoms with Gasteiger partial charge < -0.3 is 14.8 Å². The fraction of sp³-hybridized carbons (Fsp3) is 0.562. The van der Waals surface area contributed by atoms with Crippen LogP contribution in [0.4, 0.5) is 4.79 Å². The Kier molecular flexibility index (Phi) is 4.33. The van der Waals surface area contributed by atoms with E-state index in [0.717, 1.165) is 12.0 Å². The van der Waals surface area contributed by atoms with Crippen LogP contribution < -0.4 is 5.32 Å². The molecule has 20 heavy (non-hydrogen) atoms. The van der Waals surface area contributed by atoms with Crippen LogP contribution in [0.3, 0.4) is 0 Å². The number of nitrogens with one attached hydrogen (secondary N) is 1. The summed E-state index contributed by atoms with van der Waals surface area (Å²) in [5.41, 5.74) is 1.85. The van der Waals surface area contributed by atoms with Gasteiger partial charge in [0.2, 0.25) is 0 Å². The first-order valence-corrected chi connectivity index (χ1v) is 7.09. The van der Waals surface area contributed by atoms with E-state index in [0.29, 0.717) is 6.61 Å². The van der Waals surface area contributed by atoms with E-state index >= 15 is 0 Å². The van der Waals surface area contributed by atoms with Crippen LogP contribution in [0, 0.1) is 0 Å². The van der Waals surface area contributed by atoms with Crippen LogP contribution in [-0.4, -0.2) is 24.4 Å². The first-order valence-electron chi connectivity index (χ1n) is 7.09. The van der Waals surface area contributed by atoms with Crippen LogP contribution >= 0.6 is 0 Å². The van der Waals surface area contributed by atoms with Gasteiger partial charge in [0.1, 0.15) is 5.60 Å². The van der Waals surface area contributed by atoms with Crippen molar-refractivity contribution in [3.05, 3.63) is 35.4 Å². The van der Waals surface area contributed by atoms with E-state index < -0.39 is 11.7 Å². The van der Waals surface area contributed by atoms with Crippen molar-refractivity contribution in [3.8, 4) is 0 Å². The van der Waals surface area contributed by atoms with Crippen LogP contribution in [-0.2, 0) is 15.9 Å². The maximum absolute atomic E-state index is 12.0. The highest BCUT2D eigenvalue weighted by Gasteiger charge is 2.34. The van der Waals surface area contributed by atoms with Gasteiger partial charge in [0.25, 0.3) is 0 Å². The first-order chi connectivity index (χ1) is 9.40. The molecule has 0 bridgehead atoms. The van der Waals surface area contributed by atoms with Crippen molar-refractivity contribution < 1.29 is 14.3 Å². The molecular formula is C16H23NO3. The summed E-state index contributed by atoms with van der Waals surface area (Å²) in [5, 5.41) is 2.94.